The van der Waals surface area contributed by atoms with Crippen LogP contribution in [0.25, 0.3) is 11.5 Å². The highest BCUT2D eigenvalue weighted by atomic mass is 32.2. The lowest BCUT2D eigenvalue weighted by Crippen LogP contribution is -2.16. The van der Waals surface area contributed by atoms with E-state index in [0.29, 0.717) is 28.1 Å². The van der Waals surface area contributed by atoms with Crippen molar-refractivity contribution in [1.82, 2.24) is 19.7 Å². The Morgan fingerprint density at radius 3 is 2.73 bits per heavy atom. The maximum absolute atomic E-state index is 12.5. The van der Waals surface area contributed by atoms with E-state index in [1.165, 1.54) is 23.1 Å². The highest BCUT2D eigenvalue weighted by molar-refractivity contribution is 7.99. The number of ether oxygens (including phenoxy) is 1. The van der Waals surface area contributed by atoms with Gasteiger partial charge in [0.1, 0.15) is 10.7 Å². The van der Waals surface area contributed by atoms with E-state index >= 15 is 0 Å². The van der Waals surface area contributed by atoms with E-state index < -0.39 is 5.97 Å². The average molecular weight is 446 g/mol. The van der Waals surface area contributed by atoms with E-state index in [2.05, 4.69) is 20.5 Å². The third-order valence-corrected chi connectivity index (χ3v) is 6.30. The van der Waals surface area contributed by atoms with Gasteiger partial charge in [-0.05, 0) is 38.5 Å². The van der Waals surface area contributed by atoms with Crippen molar-refractivity contribution in [3.8, 4) is 11.5 Å². The van der Waals surface area contributed by atoms with Crippen molar-refractivity contribution in [3.63, 3.8) is 0 Å². The molecule has 0 spiro atoms. The molecule has 3 rings (SSSR count). The molecular formula is C20H23N5O3S2. The molecule has 1 N–H and O–H groups in total. The monoisotopic (exact) mass is 445 g/mol. The number of thioether (sulfide) groups is 1. The van der Waals surface area contributed by atoms with Crippen LogP contribution in [0.1, 0.15) is 36.0 Å². The van der Waals surface area contributed by atoms with E-state index in [1.54, 1.807) is 19.2 Å². The number of carbonyl (C=O) groups excluding carboxylic acids is 2. The van der Waals surface area contributed by atoms with Gasteiger partial charge >= 0.3 is 5.97 Å². The summed E-state index contributed by atoms with van der Waals surface area (Å²) in [6, 6.07) is 7.38. The topological polar surface area (TPSA) is 99.0 Å². The first-order chi connectivity index (χ1) is 14.6. The molecule has 1 amide bonds. The molecule has 3 heterocycles. The van der Waals surface area contributed by atoms with Gasteiger partial charge in [0.25, 0.3) is 0 Å². The maximum Gasteiger partial charge on any atom is 0.341 e. The number of carbonyl (C=O) groups is 2. The zero-order chi connectivity index (χ0) is 21.5. The van der Waals surface area contributed by atoms with E-state index in [0.717, 1.165) is 17.0 Å². The molecule has 0 bridgehead atoms. The number of amides is 1. The Hall–Kier alpha value is -2.72. The van der Waals surface area contributed by atoms with Crippen molar-refractivity contribution in [1.29, 1.82) is 0 Å². The molecule has 158 valence electrons. The Morgan fingerprint density at radius 1 is 1.23 bits per heavy atom. The van der Waals surface area contributed by atoms with Crippen LogP contribution in [0.3, 0.4) is 0 Å². The number of nitrogens with zero attached hydrogens (tertiary/aromatic N) is 4. The van der Waals surface area contributed by atoms with Crippen LogP contribution in [0, 0.1) is 0 Å². The van der Waals surface area contributed by atoms with Crippen molar-refractivity contribution in [3.05, 3.63) is 40.9 Å². The number of hydrogen-bond donors (Lipinski definition) is 1. The smallest absolute Gasteiger partial charge is 0.341 e. The van der Waals surface area contributed by atoms with E-state index in [9.17, 15) is 9.59 Å². The van der Waals surface area contributed by atoms with Crippen molar-refractivity contribution < 1.29 is 14.3 Å². The lowest BCUT2D eigenvalue weighted by Gasteiger charge is -2.08. The predicted molar refractivity (Wildman–Crippen MR) is 118 cm³/mol. The molecule has 0 aliphatic carbocycles. The van der Waals surface area contributed by atoms with Crippen molar-refractivity contribution in [2.75, 3.05) is 17.7 Å². The highest BCUT2D eigenvalue weighted by Gasteiger charge is 2.20. The molecule has 0 saturated heterocycles. The molecule has 8 nitrogen and oxygen atoms in total. The summed E-state index contributed by atoms with van der Waals surface area (Å²) in [6.45, 7) is 6.68. The Balaban J connectivity index is 1.69. The summed E-state index contributed by atoms with van der Waals surface area (Å²) in [6.07, 6.45) is 2.48. The molecule has 0 aliphatic heterocycles. The van der Waals surface area contributed by atoms with E-state index in [4.69, 9.17) is 4.74 Å². The summed E-state index contributed by atoms with van der Waals surface area (Å²) in [5.74, 6) is 0.154. The molecule has 0 radical (unpaired) electrons. The fourth-order valence-corrected chi connectivity index (χ4v) is 4.53. The molecule has 0 fully saturated rings. The first kappa shape index (κ1) is 22.0. The second-order valence-electron chi connectivity index (χ2n) is 6.13. The van der Waals surface area contributed by atoms with Crippen molar-refractivity contribution in [2.45, 2.75) is 38.9 Å². The van der Waals surface area contributed by atoms with Gasteiger partial charge in [-0.25, -0.2) is 4.79 Å². The minimum atomic E-state index is -0.429. The molecular weight excluding hydrogens is 422 g/mol. The van der Waals surface area contributed by atoms with E-state index in [1.807, 2.05) is 36.6 Å². The van der Waals surface area contributed by atoms with Crippen molar-refractivity contribution in [2.24, 2.45) is 0 Å². The molecule has 0 aliphatic rings. The van der Waals surface area contributed by atoms with Crippen LogP contribution in [0.4, 0.5) is 5.00 Å². The van der Waals surface area contributed by atoms with E-state index in [-0.39, 0.29) is 18.3 Å². The van der Waals surface area contributed by atoms with Gasteiger partial charge in [-0.3, -0.25) is 9.78 Å². The van der Waals surface area contributed by atoms with Crippen LogP contribution in [-0.4, -0.2) is 44.0 Å². The number of thiophene rings is 1. The van der Waals surface area contributed by atoms with Crippen LogP contribution >= 0.6 is 23.1 Å². The minimum absolute atomic E-state index is 0.141. The summed E-state index contributed by atoms with van der Waals surface area (Å²) in [7, 11) is 0. The lowest BCUT2D eigenvalue weighted by atomic mass is 10.2. The maximum atomic E-state index is 12.5. The quantitative estimate of drug-likeness (QED) is 0.394. The summed E-state index contributed by atoms with van der Waals surface area (Å²) in [5, 5.41) is 12.4. The largest absolute Gasteiger partial charge is 0.462 e. The zero-order valence-corrected chi connectivity index (χ0v) is 18.7. The number of rotatable bonds is 9. The van der Waals surface area contributed by atoms with Gasteiger partial charge in [0.05, 0.1) is 17.9 Å². The van der Waals surface area contributed by atoms with Crippen LogP contribution in [0.5, 0.6) is 0 Å². The van der Waals surface area contributed by atoms with Gasteiger partial charge in [-0.1, -0.05) is 24.8 Å². The van der Waals surface area contributed by atoms with Crippen molar-refractivity contribution >= 4 is 40.0 Å². The number of nitrogens with one attached hydrogen (secondary N) is 1. The first-order valence-corrected chi connectivity index (χ1v) is 11.4. The Labute approximate surface area is 183 Å². The standard InChI is InChI=1S/C20H23N5O3S2/c1-4-13-11-14(19(27)28-6-3)18(30-13)22-16(26)12-29-20-24-23-17(25(20)5-2)15-9-7-8-10-21-15/h7-11H,4-6,12H2,1-3H3,(H,22,26). The molecule has 3 aromatic rings. The second-order valence-corrected chi connectivity index (χ2v) is 8.21. The summed E-state index contributed by atoms with van der Waals surface area (Å²) in [5.41, 5.74) is 1.12. The van der Waals surface area contributed by atoms with Gasteiger partial charge in [0, 0.05) is 17.6 Å². The summed E-state index contributed by atoms with van der Waals surface area (Å²) >= 11 is 2.68. The molecule has 0 aromatic carbocycles. The van der Waals surface area contributed by atoms with Gasteiger partial charge in [-0.2, -0.15) is 0 Å². The molecule has 10 heteroatoms. The number of esters is 1. The van der Waals surface area contributed by atoms with Gasteiger partial charge in [0.2, 0.25) is 5.91 Å². The molecule has 0 saturated carbocycles. The van der Waals surface area contributed by atoms with Crippen LogP contribution in [0.15, 0.2) is 35.6 Å². The fourth-order valence-electron chi connectivity index (χ4n) is 2.73. The SMILES string of the molecule is CCOC(=O)c1cc(CC)sc1NC(=O)CSc1nnc(-c2ccccn2)n1CC. The number of pyridine rings is 1. The number of aryl methyl sites for hydroxylation is 1. The zero-order valence-electron chi connectivity index (χ0n) is 17.0. The number of anilines is 1. The number of hydrogen-bond acceptors (Lipinski definition) is 8. The molecule has 0 unspecified atom stereocenters. The Bertz CT molecular complexity index is 1020. The lowest BCUT2D eigenvalue weighted by molar-refractivity contribution is -0.113. The van der Waals surface area contributed by atoms with Crippen LogP contribution in [0.2, 0.25) is 0 Å². The molecule has 3 aromatic heterocycles. The van der Waals surface area contributed by atoms with Gasteiger partial charge in [-0.15, -0.1) is 21.5 Å². The predicted octanol–water partition coefficient (Wildman–Crippen LogP) is 3.89. The summed E-state index contributed by atoms with van der Waals surface area (Å²) < 4.78 is 7.02. The van der Waals surface area contributed by atoms with Crippen LogP contribution in [-0.2, 0) is 22.5 Å². The van der Waals surface area contributed by atoms with Gasteiger partial charge in [0.15, 0.2) is 11.0 Å². The second kappa shape index (κ2) is 10.4. The Morgan fingerprint density at radius 2 is 2.07 bits per heavy atom. The average Bonchev–Trinajstić information content (AvgIpc) is 3.36. The summed E-state index contributed by atoms with van der Waals surface area (Å²) in [4.78, 5) is 30.0. The van der Waals surface area contributed by atoms with Crippen LogP contribution < -0.4 is 5.32 Å². The molecule has 0 atom stereocenters. The van der Waals surface area contributed by atoms with Gasteiger partial charge < -0.3 is 14.6 Å². The third kappa shape index (κ3) is 5.06. The minimum Gasteiger partial charge on any atom is -0.462 e. The fraction of sp³-hybridized carbons (Fsp3) is 0.350. The third-order valence-electron chi connectivity index (χ3n) is 4.14. The number of aromatic nitrogens is 4. The Kier molecular flexibility index (Phi) is 7.58. The highest BCUT2D eigenvalue weighted by Crippen LogP contribution is 2.30. The molecule has 30 heavy (non-hydrogen) atoms. The first-order valence-electron chi connectivity index (χ1n) is 9.64. The normalized spacial score (nSPS) is 10.8.